The summed E-state index contributed by atoms with van der Waals surface area (Å²) in [7, 11) is 0. The summed E-state index contributed by atoms with van der Waals surface area (Å²) in [5.74, 6) is 1.42. The Balaban J connectivity index is 1.87. The Morgan fingerprint density at radius 1 is 1.21 bits per heavy atom. The molecule has 0 radical (unpaired) electrons. The van der Waals surface area contributed by atoms with E-state index in [-0.39, 0.29) is 12.7 Å². The van der Waals surface area contributed by atoms with Crippen LogP contribution in [0.1, 0.15) is 0 Å². The van der Waals surface area contributed by atoms with Gasteiger partial charge in [0, 0.05) is 25.2 Å². The maximum Gasteiger partial charge on any atom is 0.163 e. The third-order valence-electron chi connectivity index (χ3n) is 3.37. The number of anilines is 2. The van der Waals surface area contributed by atoms with Crippen LogP contribution >= 0.6 is 0 Å². The van der Waals surface area contributed by atoms with E-state index in [2.05, 4.69) is 4.90 Å². The summed E-state index contributed by atoms with van der Waals surface area (Å²) in [4.78, 5) is 2.11. The van der Waals surface area contributed by atoms with E-state index >= 15 is 0 Å². The van der Waals surface area contributed by atoms with E-state index < -0.39 is 0 Å². The molecule has 3 N–H and O–H groups in total. The van der Waals surface area contributed by atoms with Crippen LogP contribution in [-0.4, -0.2) is 50.7 Å². The lowest BCUT2D eigenvalue weighted by Gasteiger charge is -2.35. The number of nitrogens with zero attached hydrogens (tertiary/aromatic N) is 1. The van der Waals surface area contributed by atoms with Crippen molar-refractivity contribution >= 4 is 11.4 Å². The minimum atomic E-state index is -0.165. The maximum absolute atomic E-state index is 9.19. The first-order valence-corrected chi connectivity index (χ1v) is 6.44. The quantitative estimate of drug-likeness (QED) is 0.747. The fraction of sp³-hybridized carbons (Fsp3) is 0.538. The Labute approximate surface area is 111 Å². The molecule has 1 fully saturated rings. The Bertz CT molecular complexity index is 466. The molecule has 2 aliphatic rings. The number of aliphatic hydroxyl groups excluding tert-OH is 1. The minimum Gasteiger partial charge on any atom is -0.486 e. The van der Waals surface area contributed by atoms with Crippen molar-refractivity contribution in [2.75, 3.05) is 50.2 Å². The Morgan fingerprint density at radius 2 is 1.95 bits per heavy atom. The van der Waals surface area contributed by atoms with Crippen LogP contribution in [0.25, 0.3) is 0 Å². The van der Waals surface area contributed by atoms with Gasteiger partial charge in [-0.1, -0.05) is 0 Å². The fourth-order valence-electron chi connectivity index (χ4n) is 2.42. The largest absolute Gasteiger partial charge is 0.486 e. The lowest BCUT2D eigenvalue weighted by molar-refractivity contribution is 0.00358. The fourth-order valence-corrected chi connectivity index (χ4v) is 2.42. The average Bonchev–Trinajstić information content (AvgIpc) is 2.46. The van der Waals surface area contributed by atoms with Gasteiger partial charge in [-0.05, 0) is 0 Å². The second-order valence-corrected chi connectivity index (χ2v) is 4.68. The Morgan fingerprint density at radius 3 is 2.68 bits per heavy atom. The van der Waals surface area contributed by atoms with Gasteiger partial charge in [-0.3, -0.25) is 0 Å². The summed E-state index contributed by atoms with van der Waals surface area (Å²) >= 11 is 0. The molecule has 1 saturated heterocycles. The summed E-state index contributed by atoms with van der Waals surface area (Å²) in [5.41, 5.74) is 7.65. The molecule has 104 valence electrons. The van der Waals surface area contributed by atoms with E-state index in [1.165, 1.54) is 0 Å². The SMILES string of the molecule is Nc1cc2c(cc1N1CCOC(CO)C1)OCCO2. The molecule has 3 rings (SSSR count). The Hall–Kier alpha value is -1.66. The number of nitrogen functional groups attached to an aromatic ring is 1. The zero-order valence-corrected chi connectivity index (χ0v) is 10.7. The average molecular weight is 266 g/mol. The third-order valence-corrected chi connectivity index (χ3v) is 3.37. The molecule has 6 heteroatoms. The molecule has 1 unspecified atom stereocenters. The molecule has 2 heterocycles. The summed E-state index contributed by atoms with van der Waals surface area (Å²) in [6.07, 6.45) is -0.165. The lowest BCUT2D eigenvalue weighted by Crippen LogP contribution is -2.44. The van der Waals surface area contributed by atoms with Crippen LogP contribution in [0.5, 0.6) is 11.5 Å². The highest BCUT2D eigenvalue weighted by atomic mass is 16.6. The number of aliphatic hydroxyl groups is 1. The van der Waals surface area contributed by atoms with Gasteiger partial charge in [-0.25, -0.2) is 0 Å². The number of fused-ring (bicyclic) bond motifs is 1. The number of hydrogen-bond donors (Lipinski definition) is 2. The molecule has 19 heavy (non-hydrogen) atoms. The van der Waals surface area contributed by atoms with Gasteiger partial charge >= 0.3 is 0 Å². The lowest BCUT2D eigenvalue weighted by atomic mass is 10.2. The van der Waals surface area contributed by atoms with Gasteiger partial charge in [0.05, 0.1) is 30.7 Å². The van der Waals surface area contributed by atoms with Gasteiger partial charge in [0.2, 0.25) is 0 Å². The van der Waals surface area contributed by atoms with E-state index in [1.54, 1.807) is 6.07 Å². The number of ether oxygens (including phenoxy) is 3. The van der Waals surface area contributed by atoms with Gasteiger partial charge in [0.1, 0.15) is 13.2 Å². The number of benzene rings is 1. The molecule has 0 saturated carbocycles. The predicted molar refractivity (Wildman–Crippen MR) is 70.9 cm³/mol. The van der Waals surface area contributed by atoms with Crippen LogP contribution in [0.15, 0.2) is 12.1 Å². The minimum absolute atomic E-state index is 0.0148. The van der Waals surface area contributed by atoms with Crippen LogP contribution < -0.4 is 20.1 Å². The van der Waals surface area contributed by atoms with E-state index in [0.717, 1.165) is 18.0 Å². The van der Waals surface area contributed by atoms with Crippen molar-refractivity contribution in [2.45, 2.75) is 6.10 Å². The summed E-state index contributed by atoms with van der Waals surface area (Å²) in [6, 6.07) is 3.71. The molecule has 1 aromatic rings. The number of nitrogens with two attached hydrogens (primary N) is 1. The molecule has 1 aromatic carbocycles. The second kappa shape index (κ2) is 5.14. The highest BCUT2D eigenvalue weighted by molar-refractivity contribution is 5.73. The van der Waals surface area contributed by atoms with Gasteiger partial charge in [-0.2, -0.15) is 0 Å². The second-order valence-electron chi connectivity index (χ2n) is 4.68. The number of hydrogen-bond acceptors (Lipinski definition) is 6. The third kappa shape index (κ3) is 2.41. The van der Waals surface area contributed by atoms with Gasteiger partial charge in [-0.15, -0.1) is 0 Å². The van der Waals surface area contributed by atoms with Crippen molar-refractivity contribution in [3.63, 3.8) is 0 Å². The number of rotatable bonds is 2. The standard InChI is InChI=1S/C13H18N2O4/c14-10-5-12-13(19-4-3-18-12)6-11(10)15-1-2-17-9(7-15)8-16/h5-6,9,16H,1-4,7-8,14H2. The zero-order valence-electron chi connectivity index (χ0n) is 10.7. The van der Waals surface area contributed by atoms with Crippen molar-refractivity contribution in [3.8, 4) is 11.5 Å². The maximum atomic E-state index is 9.19. The van der Waals surface area contributed by atoms with Crippen molar-refractivity contribution in [1.29, 1.82) is 0 Å². The van der Waals surface area contributed by atoms with Crippen molar-refractivity contribution in [2.24, 2.45) is 0 Å². The molecule has 0 amide bonds. The summed E-state index contributed by atoms with van der Waals surface area (Å²) < 4.78 is 16.5. The summed E-state index contributed by atoms with van der Waals surface area (Å²) in [5, 5.41) is 9.19. The summed E-state index contributed by atoms with van der Waals surface area (Å²) in [6.45, 7) is 3.08. The number of morpholine rings is 1. The molecule has 0 aromatic heterocycles. The van der Waals surface area contributed by atoms with Crippen LogP contribution in [0, 0.1) is 0 Å². The first-order valence-electron chi connectivity index (χ1n) is 6.44. The van der Waals surface area contributed by atoms with Gasteiger partial charge < -0.3 is 30.0 Å². The molecular weight excluding hydrogens is 248 g/mol. The highest BCUT2D eigenvalue weighted by Gasteiger charge is 2.23. The molecule has 1 atom stereocenters. The van der Waals surface area contributed by atoms with E-state index in [9.17, 15) is 5.11 Å². The zero-order chi connectivity index (χ0) is 13.2. The predicted octanol–water partition coefficient (Wildman–Crippen LogP) is 0.237. The van der Waals surface area contributed by atoms with Crippen LogP contribution in [0.4, 0.5) is 11.4 Å². The molecule has 0 bridgehead atoms. The Kier molecular flexibility index (Phi) is 3.35. The highest BCUT2D eigenvalue weighted by Crippen LogP contribution is 2.39. The van der Waals surface area contributed by atoms with E-state index in [1.807, 2.05) is 6.07 Å². The first kappa shape index (κ1) is 12.4. The molecule has 0 aliphatic carbocycles. The smallest absolute Gasteiger partial charge is 0.163 e. The van der Waals surface area contributed by atoms with E-state index in [4.69, 9.17) is 19.9 Å². The van der Waals surface area contributed by atoms with Gasteiger partial charge in [0.15, 0.2) is 11.5 Å². The normalized spacial score (nSPS) is 22.4. The van der Waals surface area contributed by atoms with Crippen LogP contribution in [0.2, 0.25) is 0 Å². The topological polar surface area (TPSA) is 77.2 Å². The van der Waals surface area contributed by atoms with Crippen molar-refractivity contribution in [1.82, 2.24) is 0 Å². The molecule has 6 nitrogen and oxygen atoms in total. The van der Waals surface area contributed by atoms with Crippen LogP contribution in [-0.2, 0) is 4.74 Å². The van der Waals surface area contributed by atoms with Crippen molar-refractivity contribution in [3.05, 3.63) is 12.1 Å². The molecule has 2 aliphatic heterocycles. The van der Waals surface area contributed by atoms with Gasteiger partial charge in [0.25, 0.3) is 0 Å². The molecular formula is C13H18N2O4. The van der Waals surface area contributed by atoms with Crippen LogP contribution in [0.3, 0.4) is 0 Å². The van der Waals surface area contributed by atoms with E-state index in [0.29, 0.717) is 37.8 Å². The molecule has 0 spiro atoms. The first-order chi connectivity index (χ1) is 9.28. The monoisotopic (exact) mass is 266 g/mol. The van der Waals surface area contributed by atoms with Crippen molar-refractivity contribution < 1.29 is 19.3 Å².